The van der Waals surface area contributed by atoms with Crippen LogP contribution in [0, 0.1) is 5.82 Å². The molecule has 0 bridgehead atoms. The van der Waals surface area contributed by atoms with Gasteiger partial charge in [0.2, 0.25) is 0 Å². The number of halogens is 1. The summed E-state index contributed by atoms with van der Waals surface area (Å²) in [5.74, 6) is 0.538. The Morgan fingerprint density at radius 3 is 2.43 bits per heavy atom. The van der Waals surface area contributed by atoms with E-state index in [0.717, 1.165) is 5.69 Å². The highest BCUT2D eigenvalue weighted by atomic mass is 19.1. The monoisotopic (exact) mass is 309 g/mol. The van der Waals surface area contributed by atoms with Crippen molar-refractivity contribution in [3.63, 3.8) is 0 Å². The Morgan fingerprint density at radius 2 is 1.70 bits per heavy atom. The smallest absolute Gasteiger partial charge is 0.161 e. The van der Waals surface area contributed by atoms with Crippen LogP contribution >= 0.6 is 0 Å². The summed E-state index contributed by atoms with van der Waals surface area (Å²) in [4.78, 5) is 10.2. The number of nitrogen functional groups attached to an aromatic ring is 1. The van der Waals surface area contributed by atoms with E-state index in [-0.39, 0.29) is 5.82 Å². The number of benzene rings is 2. The minimum Gasteiger partial charge on any atom is -0.393 e. The van der Waals surface area contributed by atoms with Crippen molar-refractivity contribution in [2.24, 2.45) is 0 Å². The Bertz CT molecular complexity index is 807. The summed E-state index contributed by atoms with van der Waals surface area (Å²) in [6, 6.07) is 16.1. The van der Waals surface area contributed by atoms with E-state index in [0.29, 0.717) is 23.0 Å². The lowest BCUT2D eigenvalue weighted by molar-refractivity contribution is 0.632. The predicted octanol–water partition coefficient (Wildman–Crippen LogP) is 3.71. The van der Waals surface area contributed by atoms with Gasteiger partial charge < -0.3 is 16.0 Å². The van der Waals surface area contributed by atoms with E-state index in [9.17, 15) is 4.39 Å². The number of aromatic nitrogens is 2. The number of nitrogens with two attached hydrogens (primary N) is 1. The van der Waals surface area contributed by atoms with Crippen molar-refractivity contribution < 1.29 is 4.39 Å². The van der Waals surface area contributed by atoms with E-state index in [4.69, 9.17) is 5.73 Å². The van der Waals surface area contributed by atoms with E-state index in [2.05, 4.69) is 15.3 Å². The number of nitrogens with zero attached hydrogens (tertiary/aromatic N) is 3. The third kappa shape index (κ3) is 3.06. The molecule has 0 saturated carbocycles. The van der Waals surface area contributed by atoms with Crippen LogP contribution in [0.2, 0.25) is 0 Å². The van der Waals surface area contributed by atoms with Crippen molar-refractivity contribution in [3.05, 3.63) is 66.7 Å². The molecule has 0 spiro atoms. The Labute approximate surface area is 133 Å². The second-order valence-electron chi connectivity index (χ2n) is 4.96. The average molecular weight is 309 g/mol. The molecule has 2 aromatic carbocycles. The molecule has 0 aliphatic heterocycles. The van der Waals surface area contributed by atoms with Gasteiger partial charge in [-0.05, 0) is 24.3 Å². The lowest BCUT2D eigenvalue weighted by Crippen LogP contribution is -2.15. The Kier molecular flexibility index (Phi) is 4.05. The first-order valence-electron chi connectivity index (χ1n) is 7.07. The lowest BCUT2D eigenvalue weighted by atomic mass is 10.2. The summed E-state index contributed by atoms with van der Waals surface area (Å²) < 4.78 is 13.8. The molecule has 0 fully saturated rings. The van der Waals surface area contributed by atoms with Gasteiger partial charge >= 0.3 is 0 Å². The molecular weight excluding hydrogens is 293 g/mol. The van der Waals surface area contributed by atoms with E-state index in [1.54, 1.807) is 18.2 Å². The zero-order valence-electron chi connectivity index (χ0n) is 12.6. The van der Waals surface area contributed by atoms with Gasteiger partial charge in [0.25, 0.3) is 0 Å². The molecule has 0 amide bonds. The summed E-state index contributed by atoms with van der Waals surface area (Å²) in [7, 11) is 1.86. The third-order valence-electron chi connectivity index (χ3n) is 3.45. The maximum absolute atomic E-state index is 13.8. The van der Waals surface area contributed by atoms with Crippen LogP contribution in [-0.4, -0.2) is 17.0 Å². The van der Waals surface area contributed by atoms with Crippen molar-refractivity contribution >= 4 is 28.7 Å². The van der Waals surface area contributed by atoms with Gasteiger partial charge in [0.05, 0.1) is 5.69 Å². The molecule has 0 radical (unpaired) electrons. The van der Waals surface area contributed by atoms with Crippen LogP contribution in [0.15, 0.2) is 60.9 Å². The summed E-state index contributed by atoms with van der Waals surface area (Å²) >= 11 is 0. The van der Waals surface area contributed by atoms with Gasteiger partial charge in [-0.15, -0.1) is 0 Å². The highest BCUT2D eigenvalue weighted by molar-refractivity contribution is 5.81. The molecule has 3 rings (SSSR count). The first-order valence-corrected chi connectivity index (χ1v) is 7.07. The number of rotatable bonds is 4. The Balaban J connectivity index is 1.94. The quantitative estimate of drug-likeness (QED) is 0.769. The number of hydrogen-bond donors (Lipinski definition) is 2. The minimum absolute atomic E-state index is 0.311. The summed E-state index contributed by atoms with van der Waals surface area (Å²) in [5, 5.41) is 2.91. The van der Waals surface area contributed by atoms with E-state index < -0.39 is 0 Å². The SMILES string of the molecule is CN(c1ccccc1)c1ncnc(Nc2ccccc2F)c1N. The fourth-order valence-corrected chi connectivity index (χ4v) is 2.22. The van der Waals surface area contributed by atoms with Crippen LogP contribution in [0.5, 0.6) is 0 Å². The maximum atomic E-state index is 13.8. The summed E-state index contributed by atoms with van der Waals surface area (Å²) in [5.41, 5.74) is 7.77. The molecule has 1 heterocycles. The summed E-state index contributed by atoms with van der Waals surface area (Å²) in [6.07, 6.45) is 1.40. The number of para-hydroxylation sites is 2. The Morgan fingerprint density at radius 1 is 1.00 bits per heavy atom. The molecule has 0 saturated heterocycles. The Hall–Kier alpha value is -3.15. The molecule has 116 valence electrons. The molecule has 0 aliphatic carbocycles. The molecule has 0 unspecified atom stereocenters. The maximum Gasteiger partial charge on any atom is 0.161 e. The second kappa shape index (κ2) is 6.31. The average Bonchev–Trinajstić information content (AvgIpc) is 2.59. The lowest BCUT2D eigenvalue weighted by Gasteiger charge is -2.21. The van der Waals surface area contributed by atoms with E-state index >= 15 is 0 Å². The molecule has 3 aromatic rings. The van der Waals surface area contributed by atoms with Crippen LogP contribution in [-0.2, 0) is 0 Å². The zero-order valence-corrected chi connectivity index (χ0v) is 12.6. The van der Waals surface area contributed by atoms with Crippen molar-refractivity contribution in [1.82, 2.24) is 9.97 Å². The number of nitrogens with one attached hydrogen (secondary N) is 1. The van der Waals surface area contributed by atoms with Crippen LogP contribution in [0.4, 0.5) is 33.1 Å². The topological polar surface area (TPSA) is 67.1 Å². The molecule has 0 aliphatic rings. The minimum atomic E-state index is -0.372. The van der Waals surface area contributed by atoms with Crippen LogP contribution < -0.4 is 16.0 Å². The molecule has 0 atom stereocenters. The van der Waals surface area contributed by atoms with Crippen LogP contribution in [0.3, 0.4) is 0 Å². The first-order chi connectivity index (χ1) is 11.2. The van der Waals surface area contributed by atoms with Gasteiger partial charge in [0.15, 0.2) is 11.6 Å². The largest absolute Gasteiger partial charge is 0.393 e. The van der Waals surface area contributed by atoms with Crippen LogP contribution in [0.1, 0.15) is 0 Å². The van der Waals surface area contributed by atoms with Gasteiger partial charge in [-0.3, -0.25) is 0 Å². The van der Waals surface area contributed by atoms with Gasteiger partial charge in [-0.2, -0.15) is 0 Å². The van der Waals surface area contributed by atoms with Crippen molar-refractivity contribution in [2.45, 2.75) is 0 Å². The van der Waals surface area contributed by atoms with Gasteiger partial charge in [-0.25, -0.2) is 14.4 Å². The van der Waals surface area contributed by atoms with E-state index in [1.165, 1.54) is 12.4 Å². The summed E-state index contributed by atoms with van der Waals surface area (Å²) in [6.45, 7) is 0. The molecular formula is C17H16FN5. The van der Waals surface area contributed by atoms with Gasteiger partial charge in [0, 0.05) is 12.7 Å². The fraction of sp³-hybridized carbons (Fsp3) is 0.0588. The normalized spacial score (nSPS) is 10.3. The first kappa shape index (κ1) is 14.8. The predicted molar refractivity (Wildman–Crippen MR) is 90.6 cm³/mol. The number of anilines is 5. The highest BCUT2D eigenvalue weighted by Crippen LogP contribution is 2.32. The molecule has 5 nitrogen and oxygen atoms in total. The van der Waals surface area contributed by atoms with Gasteiger partial charge in [-0.1, -0.05) is 30.3 Å². The van der Waals surface area contributed by atoms with Crippen LogP contribution in [0.25, 0.3) is 0 Å². The number of hydrogen-bond acceptors (Lipinski definition) is 5. The van der Waals surface area contributed by atoms with E-state index in [1.807, 2.05) is 42.3 Å². The highest BCUT2D eigenvalue weighted by Gasteiger charge is 2.14. The molecule has 6 heteroatoms. The third-order valence-corrected chi connectivity index (χ3v) is 3.45. The second-order valence-corrected chi connectivity index (χ2v) is 4.96. The van der Waals surface area contributed by atoms with Crippen molar-refractivity contribution in [3.8, 4) is 0 Å². The van der Waals surface area contributed by atoms with Crippen molar-refractivity contribution in [1.29, 1.82) is 0 Å². The standard InChI is InChI=1S/C17H16FN5/c1-23(12-7-3-2-4-8-12)17-15(19)16(20-11-21-17)22-14-10-6-5-9-13(14)18/h2-11H,19H2,1H3,(H,20,21,22). The van der Waals surface area contributed by atoms with Crippen molar-refractivity contribution in [2.75, 3.05) is 23.0 Å². The molecule has 1 aromatic heterocycles. The fourth-order valence-electron chi connectivity index (χ4n) is 2.22. The van der Waals surface area contributed by atoms with Gasteiger partial charge in [0.1, 0.15) is 17.8 Å². The molecule has 23 heavy (non-hydrogen) atoms. The molecule has 3 N–H and O–H groups in total. The zero-order chi connectivity index (χ0) is 16.2.